The molecule has 1 aliphatic carbocycles. The summed E-state index contributed by atoms with van der Waals surface area (Å²) in [7, 11) is 0. The van der Waals surface area contributed by atoms with E-state index < -0.39 is 23.7 Å². The zero-order valence-corrected chi connectivity index (χ0v) is 10.0. The largest absolute Gasteiger partial charge is 0.416 e. The van der Waals surface area contributed by atoms with Gasteiger partial charge in [0, 0.05) is 0 Å². The number of ether oxygens (including phenoxy) is 1. The standard InChI is InChI=1S/C13H11F3O3/c1-7-5-10(7)12(18)19-11(17)8-3-2-4-9(6-8)13(14,15)16/h2-4,6-7,10H,5H2,1H3. The molecular formula is C13H11F3O3. The molecule has 6 heteroatoms. The topological polar surface area (TPSA) is 43.4 Å². The molecule has 0 spiro atoms. The van der Waals surface area contributed by atoms with Gasteiger partial charge in [0.05, 0.1) is 17.0 Å². The van der Waals surface area contributed by atoms with E-state index in [9.17, 15) is 22.8 Å². The molecule has 0 amide bonds. The van der Waals surface area contributed by atoms with Crippen molar-refractivity contribution in [1.82, 2.24) is 0 Å². The van der Waals surface area contributed by atoms with Crippen LogP contribution in [0.1, 0.15) is 29.3 Å². The maximum atomic E-state index is 12.5. The van der Waals surface area contributed by atoms with Crippen LogP contribution in [-0.2, 0) is 15.7 Å². The number of alkyl halides is 3. The Balaban J connectivity index is 2.09. The second-order valence-corrected chi connectivity index (χ2v) is 4.61. The van der Waals surface area contributed by atoms with Gasteiger partial charge in [0.1, 0.15) is 0 Å². The van der Waals surface area contributed by atoms with Gasteiger partial charge in [-0.1, -0.05) is 13.0 Å². The maximum Gasteiger partial charge on any atom is 0.416 e. The SMILES string of the molecule is CC1CC1C(=O)OC(=O)c1cccc(C(F)(F)F)c1. The molecule has 2 unspecified atom stereocenters. The number of hydrogen-bond donors (Lipinski definition) is 0. The molecule has 0 radical (unpaired) electrons. The third-order valence-corrected chi connectivity index (χ3v) is 3.03. The predicted molar refractivity (Wildman–Crippen MR) is 59.1 cm³/mol. The van der Waals surface area contributed by atoms with E-state index in [-0.39, 0.29) is 17.4 Å². The van der Waals surface area contributed by atoms with Crippen LogP contribution in [0.3, 0.4) is 0 Å². The van der Waals surface area contributed by atoms with Crippen molar-refractivity contribution in [3.8, 4) is 0 Å². The van der Waals surface area contributed by atoms with E-state index in [0.29, 0.717) is 12.5 Å². The molecule has 2 atom stereocenters. The van der Waals surface area contributed by atoms with Gasteiger partial charge in [-0.15, -0.1) is 0 Å². The van der Waals surface area contributed by atoms with E-state index in [1.165, 1.54) is 6.07 Å². The lowest BCUT2D eigenvalue weighted by Gasteiger charge is -2.08. The first kappa shape index (κ1) is 13.6. The maximum absolute atomic E-state index is 12.5. The van der Waals surface area contributed by atoms with E-state index >= 15 is 0 Å². The lowest BCUT2D eigenvalue weighted by atomic mass is 10.1. The van der Waals surface area contributed by atoms with Crippen molar-refractivity contribution in [3.63, 3.8) is 0 Å². The van der Waals surface area contributed by atoms with E-state index in [2.05, 4.69) is 4.74 Å². The Morgan fingerprint density at radius 3 is 2.47 bits per heavy atom. The molecule has 3 nitrogen and oxygen atoms in total. The van der Waals surface area contributed by atoms with Crippen molar-refractivity contribution in [2.24, 2.45) is 11.8 Å². The van der Waals surface area contributed by atoms with Crippen LogP contribution in [0.2, 0.25) is 0 Å². The van der Waals surface area contributed by atoms with Crippen LogP contribution >= 0.6 is 0 Å². The van der Waals surface area contributed by atoms with Gasteiger partial charge in [-0.05, 0) is 30.5 Å². The Morgan fingerprint density at radius 1 is 1.32 bits per heavy atom. The second kappa shape index (κ2) is 4.68. The van der Waals surface area contributed by atoms with Gasteiger partial charge in [-0.3, -0.25) is 4.79 Å². The van der Waals surface area contributed by atoms with Crippen LogP contribution in [-0.4, -0.2) is 11.9 Å². The number of halogens is 3. The second-order valence-electron chi connectivity index (χ2n) is 4.61. The van der Waals surface area contributed by atoms with Crippen molar-refractivity contribution >= 4 is 11.9 Å². The molecule has 1 fully saturated rings. The van der Waals surface area contributed by atoms with Crippen LogP contribution in [0.5, 0.6) is 0 Å². The van der Waals surface area contributed by atoms with Gasteiger partial charge < -0.3 is 4.74 Å². The van der Waals surface area contributed by atoms with Gasteiger partial charge in [0.15, 0.2) is 0 Å². The van der Waals surface area contributed by atoms with Gasteiger partial charge in [0.2, 0.25) is 0 Å². The summed E-state index contributed by atoms with van der Waals surface area (Å²) in [4.78, 5) is 23.0. The molecule has 0 heterocycles. The minimum atomic E-state index is -4.54. The van der Waals surface area contributed by atoms with Gasteiger partial charge in [-0.2, -0.15) is 13.2 Å². The molecule has 19 heavy (non-hydrogen) atoms. The molecule has 2 rings (SSSR count). The van der Waals surface area contributed by atoms with Crippen LogP contribution < -0.4 is 0 Å². The highest BCUT2D eigenvalue weighted by Crippen LogP contribution is 2.38. The summed E-state index contributed by atoms with van der Waals surface area (Å²) < 4.78 is 41.9. The van der Waals surface area contributed by atoms with Crippen molar-refractivity contribution in [2.75, 3.05) is 0 Å². The molecule has 0 bridgehead atoms. The molecule has 0 N–H and O–H groups in total. The quantitative estimate of drug-likeness (QED) is 0.614. The Labute approximate surface area is 107 Å². The molecule has 0 aliphatic heterocycles. The summed E-state index contributed by atoms with van der Waals surface area (Å²) in [5.74, 6) is -1.86. The zero-order chi connectivity index (χ0) is 14.2. The summed E-state index contributed by atoms with van der Waals surface area (Å²) in [5.41, 5.74) is -1.23. The Kier molecular flexibility index (Phi) is 3.34. The summed E-state index contributed by atoms with van der Waals surface area (Å²) in [6.07, 6.45) is -3.89. The predicted octanol–water partition coefficient (Wildman–Crippen LogP) is 3.04. The van der Waals surface area contributed by atoms with Crippen molar-refractivity contribution in [2.45, 2.75) is 19.5 Å². The third kappa shape index (κ3) is 3.13. The van der Waals surface area contributed by atoms with E-state index in [4.69, 9.17) is 0 Å². The molecule has 0 aromatic heterocycles. The van der Waals surface area contributed by atoms with Crippen LogP contribution in [0.15, 0.2) is 24.3 Å². The number of esters is 2. The monoisotopic (exact) mass is 272 g/mol. The molecule has 1 saturated carbocycles. The molecule has 1 aromatic carbocycles. The summed E-state index contributed by atoms with van der Waals surface area (Å²) in [5, 5.41) is 0. The first-order valence-corrected chi connectivity index (χ1v) is 5.72. The first-order chi connectivity index (χ1) is 8.79. The normalized spacial score (nSPS) is 21.9. The Morgan fingerprint density at radius 2 is 1.95 bits per heavy atom. The smallest absolute Gasteiger partial charge is 0.389 e. The van der Waals surface area contributed by atoms with E-state index in [0.717, 1.165) is 12.1 Å². The first-order valence-electron chi connectivity index (χ1n) is 5.72. The van der Waals surface area contributed by atoms with Crippen LogP contribution in [0.25, 0.3) is 0 Å². The lowest BCUT2D eigenvalue weighted by Crippen LogP contribution is -2.15. The van der Waals surface area contributed by atoms with Crippen molar-refractivity contribution < 1.29 is 27.5 Å². The number of benzene rings is 1. The number of hydrogen-bond acceptors (Lipinski definition) is 3. The number of rotatable bonds is 2. The fourth-order valence-electron chi connectivity index (χ4n) is 1.70. The van der Waals surface area contributed by atoms with Gasteiger partial charge in [-0.25, -0.2) is 4.79 Å². The fourth-order valence-corrected chi connectivity index (χ4v) is 1.70. The summed E-state index contributed by atoms with van der Waals surface area (Å²) in [6, 6.07) is 3.80. The summed E-state index contributed by atoms with van der Waals surface area (Å²) >= 11 is 0. The average Bonchev–Trinajstić information content (AvgIpc) is 3.05. The van der Waals surface area contributed by atoms with Gasteiger partial charge in [0.25, 0.3) is 0 Å². The summed E-state index contributed by atoms with van der Waals surface area (Å²) in [6.45, 7) is 1.83. The Hall–Kier alpha value is -1.85. The fraction of sp³-hybridized carbons (Fsp3) is 0.385. The minimum absolute atomic E-state index is 0.168. The molecule has 1 aromatic rings. The number of carbonyl (C=O) groups is 2. The Bertz CT molecular complexity index is 522. The molecular weight excluding hydrogens is 261 g/mol. The van der Waals surface area contributed by atoms with E-state index in [1.54, 1.807) is 0 Å². The highest BCUT2D eigenvalue weighted by molar-refractivity contribution is 5.98. The zero-order valence-electron chi connectivity index (χ0n) is 10.0. The van der Waals surface area contributed by atoms with E-state index in [1.807, 2.05) is 6.92 Å². The van der Waals surface area contributed by atoms with Crippen LogP contribution in [0.4, 0.5) is 13.2 Å². The van der Waals surface area contributed by atoms with Crippen molar-refractivity contribution in [3.05, 3.63) is 35.4 Å². The number of carbonyl (C=O) groups excluding carboxylic acids is 2. The van der Waals surface area contributed by atoms with Crippen molar-refractivity contribution in [1.29, 1.82) is 0 Å². The minimum Gasteiger partial charge on any atom is -0.389 e. The van der Waals surface area contributed by atoms with Gasteiger partial charge >= 0.3 is 18.1 Å². The average molecular weight is 272 g/mol. The highest BCUT2D eigenvalue weighted by Gasteiger charge is 2.41. The third-order valence-electron chi connectivity index (χ3n) is 3.03. The molecule has 102 valence electrons. The molecule has 1 aliphatic rings. The highest BCUT2D eigenvalue weighted by atomic mass is 19.4. The molecule has 0 saturated heterocycles. The van der Waals surface area contributed by atoms with Crippen LogP contribution in [0, 0.1) is 11.8 Å². The lowest BCUT2D eigenvalue weighted by molar-refractivity contribution is -0.139.